The fourth-order valence-corrected chi connectivity index (χ4v) is 2.76. The molecule has 100 valence electrons. The molecule has 0 saturated heterocycles. The van der Waals surface area contributed by atoms with Crippen LogP contribution in [0.15, 0.2) is 34.1 Å². The zero-order chi connectivity index (χ0) is 13.6. The number of hydrazine groups is 1. The third-order valence-corrected chi connectivity index (χ3v) is 4.46. The van der Waals surface area contributed by atoms with Crippen LogP contribution in [0.25, 0.3) is 0 Å². The lowest BCUT2D eigenvalue weighted by molar-refractivity contribution is -0.121. The summed E-state index contributed by atoms with van der Waals surface area (Å²) in [5.74, 6) is 5.57. The molecule has 1 aromatic carbocycles. The Kier molecular flexibility index (Phi) is 5.64. The molecule has 0 saturated carbocycles. The molecule has 0 radical (unpaired) electrons. The Hall–Kier alpha value is -1.05. The minimum Gasteiger partial charge on any atom is -0.294 e. The van der Waals surface area contributed by atoms with Crippen LogP contribution in [0.3, 0.4) is 0 Å². The van der Waals surface area contributed by atoms with Gasteiger partial charge in [-0.05, 0) is 36.4 Å². The van der Waals surface area contributed by atoms with Gasteiger partial charge in [-0.15, -0.1) is 11.8 Å². The lowest BCUT2D eigenvalue weighted by Crippen LogP contribution is -2.29. The number of nitrogens with one attached hydrogen (secondary N) is 1. The van der Waals surface area contributed by atoms with Gasteiger partial charge in [0, 0.05) is 17.6 Å². The van der Waals surface area contributed by atoms with Crippen LogP contribution in [0.1, 0.15) is 12.8 Å². The average Bonchev–Trinajstić information content (AvgIpc) is 2.33. The number of carbonyl (C=O) groups excluding carboxylic acids is 1. The number of carbonyl (C=O) groups is 1. The molecule has 1 rings (SSSR count). The number of hydrogen-bond acceptors (Lipinski definition) is 5. The summed E-state index contributed by atoms with van der Waals surface area (Å²) in [7, 11) is -3.14. The first kappa shape index (κ1) is 15.0. The second-order valence-electron chi connectivity index (χ2n) is 3.76. The second kappa shape index (κ2) is 6.77. The first-order valence-electron chi connectivity index (χ1n) is 5.36. The molecule has 0 aliphatic heterocycles. The largest absolute Gasteiger partial charge is 0.294 e. The van der Waals surface area contributed by atoms with Crippen LogP contribution >= 0.6 is 11.8 Å². The minimum atomic E-state index is -3.14. The lowest BCUT2D eigenvalue weighted by Gasteiger charge is -2.03. The van der Waals surface area contributed by atoms with Crippen molar-refractivity contribution < 1.29 is 13.2 Å². The SMILES string of the molecule is CS(=O)(=O)c1ccc(SCCCC(=O)NN)cc1. The van der Waals surface area contributed by atoms with Gasteiger partial charge in [-0.3, -0.25) is 10.2 Å². The summed E-state index contributed by atoms with van der Waals surface area (Å²) in [6.07, 6.45) is 2.30. The molecule has 1 aromatic rings. The van der Waals surface area contributed by atoms with Crippen LogP contribution in [-0.4, -0.2) is 26.3 Å². The number of thioether (sulfide) groups is 1. The van der Waals surface area contributed by atoms with Gasteiger partial charge in [0.05, 0.1) is 4.90 Å². The van der Waals surface area contributed by atoms with Gasteiger partial charge in [-0.25, -0.2) is 14.3 Å². The number of nitrogens with two attached hydrogens (primary N) is 1. The van der Waals surface area contributed by atoms with Gasteiger partial charge in [0.15, 0.2) is 9.84 Å². The molecule has 0 unspecified atom stereocenters. The standard InChI is InChI=1S/C11H16N2O3S2/c1-18(15,16)10-6-4-9(5-7-10)17-8-2-3-11(14)13-12/h4-7H,2-3,8,12H2,1H3,(H,13,14). The highest BCUT2D eigenvalue weighted by atomic mass is 32.2. The molecule has 0 bridgehead atoms. The molecule has 0 heterocycles. The van der Waals surface area contributed by atoms with Crippen molar-refractivity contribution in [1.29, 1.82) is 0 Å². The summed E-state index contributed by atoms with van der Waals surface area (Å²) in [6, 6.07) is 6.71. The molecular weight excluding hydrogens is 272 g/mol. The quantitative estimate of drug-likeness (QED) is 0.267. The van der Waals surface area contributed by atoms with Crippen LogP contribution < -0.4 is 11.3 Å². The van der Waals surface area contributed by atoms with E-state index < -0.39 is 9.84 Å². The Balaban J connectivity index is 2.43. The van der Waals surface area contributed by atoms with E-state index in [1.54, 1.807) is 36.0 Å². The third kappa shape index (κ3) is 5.07. The van der Waals surface area contributed by atoms with Gasteiger partial charge < -0.3 is 0 Å². The topological polar surface area (TPSA) is 89.3 Å². The predicted molar refractivity (Wildman–Crippen MR) is 71.8 cm³/mol. The summed E-state index contributed by atoms with van der Waals surface area (Å²) in [5, 5.41) is 0. The van der Waals surface area contributed by atoms with E-state index in [0.717, 1.165) is 17.1 Å². The van der Waals surface area contributed by atoms with Crippen LogP contribution in [0.2, 0.25) is 0 Å². The van der Waals surface area contributed by atoms with Gasteiger partial charge in [0.2, 0.25) is 5.91 Å². The molecule has 3 N–H and O–H groups in total. The molecule has 0 aromatic heterocycles. The van der Waals surface area contributed by atoms with Crippen molar-refractivity contribution in [2.24, 2.45) is 5.84 Å². The van der Waals surface area contributed by atoms with Crippen molar-refractivity contribution in [3.8, 4) is 0 Å². The van der Waals surface area contributed by atoms with Crippen molar-refractivity contribution >= 4 is 27.5 Å². The molecule has 0 atom stereocenters. The normalized spacial score (nSPS) is 11.2. The lowest BCUT2D eigenvalue weighted by atomic mass is 10.3. The van der Waals surface area contributed by atoms with Crippen molar-refractivity contribution in [1.82, 2.24) is 5.43 Å². The van der Waals surface area contributed by atoms with E-state index >= 15 is 0 Å². The van der Waals surface area contributed by atoms with E-state index in [2.05, 4.69) is 5.43 Å². The Morgan fingerprint density at radius 1 is 1.33 bits per heavy atom. The zero-order valence-corrected chi connectivity index (χ0v) is 11.7. The zero-order valence-electron chi connectivity index (χ0n) is 10.0. The molecule has 5 nitrogen and oxygen atoms in total. The summed E-state index contributed by atoms with van der Waals surface area (Å²) < 4.78 is 22.5. The van der Waals surface area contributed by atoms with Crippen LogP contribution in [0.5, 0.6) is 0 Å². The van der Waals surface area contributed by atoms with Gasteiger partial charge in [-0.2, -0.15) is 0 Å². The molecule has 0 aliphatic carbocycles. The Morgan fingerprint density at radius 2 is 1.94 bits per heavy atom. The first-order valence-corrected chi connectivity index (χ1v) is 8.23. The van der Waals surface area contributed by atoms with E-state index in [-0.39, 0.29) is 5.91 Å². The molecular formula is C11H16N2O3S2. The molecule has 0 fully saturated rings. The maximum atomic E-state index is 11.2. The van der Waals surface area contributed by atoms with Crippen molar-refractivity contribution in [3.05, 3.63) is 24.3 Å². The molecule has 18 heavy (non-hydrogen) atoms. The predicted octanol–water partition coefficient (Wildman–Crippen LogP) is 0.952. The average molecular weight is 288 g/mol. The number of rotatable bonds is 6. The highest BCUT2D eigenvalue weighted by Crippen LogP contribution is 2.21. The van der Waals surface area contributed by atoms with E-state index in [1.807, 2.05) is 0 Å². The monoisotopic (exact) mass is 288 g/mol. The Bertz CT molecular complexity index is 498. The van der Waals surface area contributed by atoms with E-state index in [9.17, 15) is 13.2 Å². The fraction of sp³-hybridized carbons (Fsp3) is 0.364. The maximum Gasteiger partial charge on any atom is 0.233 e. The molecule has 0 aliphatic rings. The summed E-state index contributed by atoms with van der Waals surface area (Å²) in [4.78, 5) is 12.2. The fourth-order valence-electron chi connectivity index (χ4n) is 1.28. The third-order valence-electron chi connectivity index (χ3n) is 2.23. The molecule has 1 amide bonds. The van der Waals surface area contributed by atoms with Crippen molar-refractivity contribution in [3.63, 3.8) is 0 Å². The highest BCUT2D eigenvalue weighted by Gasteiger charge is 2.06. The Morgan fingerprint density at radius 3 is 2.44 bits per heavy atom. The smallest absolute Gasteiger partial charge is 0.233 e. The first-order chi connectivity index (χ1) is 8.43. The van der Waals surface area contributed by atoms with Crippen LogP contribution in [0.4, 0.5) is 0 Å². The maximum absolute atomic E-state index is 11.2. The second-order valence-corrected chi connectivity index (χ2v) is 6.95. The number of hydrogen-bond donors (Lipinski definition) is 2. The molecule has 0 spiro atoms. The number of sulfone groups is 1. The van der Waals surface area contributed by atoms with Crippen molar-refractivity contribution in [2.45, 2.75) is 22.6 Å². The van der Waals surface area contributed by atoms with Crippen molar-refractivity contribution in [2.75, 3.05) is 12.0 Å². The summed E-state index contributed by atoms with van der Waals surface area (Å²) in [6.45, 7) is 0. The summed E-state index contributed by atoms with van der Waals surface area (Å²) in [5.41, 5.74) is 2.07. The van der Waals surface area contributed by atoms with Crippen LogP contribution in [0, 0.1) is 0 Å². The highest BCUT2D eigenvalue weighted by molar-refractivity contribution is 7.99. The van der Waals surface area contributed by atoms with E-state index in [4.69, 9.17) is 5.84 Å². The van der Waals surface area contributed by atoms with Gasteiger partial charge in [0.1, 0.15) is 0 Å². The minimum absolute atomic E-state index is 0.178. The van der Waals surface area contributed by atoms with Crippen LogP contribution in [-0.2, 0) is 14.6 Å². The molecule has 7 heteroatoms. The van der Waals surface area contributed by atoms with Gasteiger partial charge in [0.25, 0.3) is 0 Å². The van der Waals surface area contributed by atoms with Gasteiger partial charge >= 0.3 is 0 Å². The summed E-state index contributed by atoms with van der Waals surface area (Å²) >= 11 is 1.58. The van der Waals surface area contributed by atoms with E-state index in [0.29, 0.717) is 11.3 Å². The Labute approximate surface area is 111 Å². The number of benzene rings is 1. The van der Waals surface area contributed by atoms with Gasteiger partial charge in [-0.1, -0.05) is 0 Å². The number of amides is 1. The van der Waals surface area contributed by atoms with E-state index in [1.165, 1.54) is 6.26 Å².